The Balaban J connectivity index is 1.92. The third kappa shape index (κ3) is 8.72. The van der Waals surface area contributed by atoms with Crippen molar-refractivity contribution in [2.75, 3.05) is 16.0 Å². The number of rotatable bonds is 10. The van der Waals surface area contributed by atoms with Crippen LogP contribution in [0.3, 0.4) is 0 Å². The Morgan fingerprint density at radius 3 is 1.80 bits per heavy atom. The molecule has 0 aromatic heterocycles. The van der Waals surface area contributed by atoms with Crippen LogP contribution in [0.5, 0.6) is 0 Å². The number of carbonyl (C=O) groups is 2. The average molecular weight is 1030 g/mol. The maximum absolute atomic E-state index is 13.2. The number of carbonyl (C=O) groups excluding carboxylic acids is 2. The molecular weight excluding hydrogens is 1000 g/mol. The number of benzene rings is 1. The van der Waals surface area contributed by atoms with Gasteiger partial charge in [-0.3, -0.25) is 13.8 Å². The van der Waals surface area contributed by atoms with Crippen molar-refractivity contribution in [2.24, 2.45) is 0 Å². The van der Waals surface area contributed by atoms with Crippen LogP contribution in [0.25, 0.3) is 0 Å². The van der Waals surface area contributed by atoms with Gasteiger partial charge in [0.05, 0.1) is 11.0 Å². The summed E-state index contributed by atoms with van der Waals surface area (Å²) in [6.07, 6.45) is -6.61. The van der Waals surface area contributed by atoms with E-state index >= 15 is 0 Å². The van der Waals surface area contributed by atoms with Crippen molar-refractivity contribution in [3.8, 4) is 0 Å². The maximum atomic E-state index is 13.2. The van der Waals surface area contributed by atoms with Gasteiger partial charge in [-0.05, 0) is 19.1 Å². The summed E-state index contributed by atoms with van der Waals surface area (Å²) < 4.78 is 67.3. The summed E-state index contributed by atoms with van der Waals surface area (Å²) in [5, 5.41) is 0. The molecule has 1 aromatic rings. The van der Waals surface area contributed by atoms with Crippen LogP contribution in [-0.2, 0) is 52.3 Å². The van der Waals surface area contributed by atoms with Crippen molar-refractivity contribution in [1.29, 1.82) is 0 Å². The zero-order valence-corrected chi connectivity index (χ0v) is 31.4. The van der Waals surface area contributed by atoms with E-state index in [4.69, 9.17) is 32.6 Å². The minimum atomic E-state index is -4.22. The zero-order valence-electron chi connectivity index (χ0n) is 21.9. The Kier molecular flexibility index (Phi) is 13.9. The minimum Gasteiger partial charge on any atom is -0.458 e. The second-order valence-corrected chi connectivity index (χ2v) is 15.3. The van der Waals surface area contributed by atoms with E-state index in [0.29, 0.717) is 8.86 Å². The molecule has 2 fully saturated rings. The summed E-state index contributed by atoms with van der Waals surface area (Å²) in [5.41, 5.74) is 0.893. The highest BCUT2D eigenvalue weighted by atomic mass is 127. The summed E-state index contributed by atoms with van der Waals surface area (Å²) in [6, 6.07) is 6.25. The molecule has 0 saturated carbocycles. The van der Waals surface area contributed by atoms with Crippen LogP contribution in [-0.4, -0.2) is 93.4 Å². The Labute approximate surface area is 288 Å². The number of hydrogen-bond acceptors (Lipinski definition) is 11. The van der Waals surface area contributed by atoms with Crippen LogP contribution in [0.4, 0.5) is 0 Å². The van der Waals surface area contributed by atoms with Crippen molar-refractivity contribution in [3.05, 3.63) is 29.8 Å². The molecule has 0 spiro atoms. The van der Waals surface area contributed by atoms with E-state index in [9.17, 15) is 18.0 Å². The van der Waals surface area contributed by atoms with Crippen molar-refractivity contribution < 1.29 is 50.6 Å². The molecule has 16 heteroatoms. The highest BCUT2D eigenvalue weighted by molar-refractivity contribution is 14.1. The van der Waals surface area contributed by atoms with Crippen LogP contribution in [0, 0.1) is 6.92 Å². The SMILES string of the molecule is CO[C@H]1O[C@H](CI)[C@@H](O[C@H]2O[C@H](CI)[C@@H](OS(=O)(=O)c3ccc(C)cc3)[C@@H](OC(C)=O)[C@@H]2I)[C@@H](OC(C)=O)[C@@H]1I. The Morgan fingerprint density at radius 2 is 1.30 bits per heavy atom. The number of esters is 2. The summed E-state index contributed by atoms with van der Waals surface area (Å²) >= 11 is 8.32. The van der Waals surface area contributed by atoms with E-state index in [-0.39, 0.29) is 4.90 Å². The molecule has 10 atom stereocenters. The Hall–Kier alpha value is 0.830. The first-order valence-electron chi connectivity index (χ1n) is 12.1. The van der Waals surface area contributed by atoms with Crippen LogP contribution in [0.2, 0.25) is 0 Å². The van der Waals surface area contributed by atoms with Gasteiger partial charge < -0.3 is 28.4 Å². The van der Waals surface area contributed by atoms with E-state index in [1.807, 2.05) is 29.5 Å². The fraction of sp³-hybridized carbons (Fsp3) is 0.667. The maximum Gasteiger partial charge on any atom is 0.303 e. The molecule has 1 aromatic carbocycles. The fourth-order valence-corrected chi connectivity index (χ4v) is 8.71. The first-order chi connectivity index (χ1) is 18.8. The van der Waals surface area contributed by atoms with Gasteiger partial charge in [-0.25, -0.2) is 0 Å². The standard InChI is InChI=1S/C24H30I4O11S/c1-11-5-7-14(8-6-11)40(31,32)39-20-16(10-26)37-24(18(28)22(20)35-13(3)30)38-19-15(9-25)36-23(33-4)17(27)21(19)34-12(2)29/h5-8,15-24H,9-10H2,1-4H3/t15-,16-,17+,18+,19-,20-,21+,22+,23+,24-/m1/s1. The second kappa shape index (κ2) is 15.7. The van der Waals surface area contributed by atoms with Gasteiger partial charge in [-0.2, -0.15) is 8.42 Å². The number of methoxy groups -OCH3 is 1. The van der Waals surface area contributed by atoms with Crippen molar-refractivity contribution in [3.63, 3.8) is 0 Å². The molecular formula is C24H30I4O11S. The monoisotopic (exact) mass is 1030 g/mol. The predicted molar refractivity (Wildman–Crippen MR) is 177 cm³/mol. The molecule has 3 rings (SSSR count). The molecule has 2 aliphatic rings. The van der Waals surface area contributed by atoms with E-state index in [1.165, 1.54) is 33.1 Å². The molecule has 0 unspecified atom stereocenters. The summed E-state index contributed by atoms with van der Waals surface area (Å²) in [4.78, 5) is 24.1. The zero-order chi connectivity index (χ0) is 29.8. The molecule has 0 aliphatic carbocycles. The van der Waals surface area contributed by atoms with E-state index < -0.39 is 79.1 Å². The Bertz CT molecular complexity index is 1120. The van der Waals surface area contributed by atoms with Gasteiger partial charge in [0.1, 0.15) is 38.4 Å². The lowest BCUT2D eigenvalue weighted by molar-refractivity contribution is -0.300. The minimum absolute atomic E-state index is 0.0236. The van der Waals surface area contributed by atoms with Gasteiger partial charge in [0.15, 0.2) is 12.6 Å². The lowest BCUT2D eigenvalue weighted by atomic mass is 10.00. The van der Waals surface area contributed by atoms with Crippen molar-refractivity contribution in [2.45, 2.75) is 82.7 Å². The van der Waals surface area contributed by atoms with Crippen molar-refractivity contribution in [1.82, 2.24) is 0 Å². The largest absolute Gasteiger partial charge is 0.458 e. The topological polar surface area (TPSA) is 133 Å². The normalized spacial score (nSPS) is 34.7. The number of alkyl halides is 4. The average Bonchev–Trinajstić information content (AvgIpc) is 2.89. The lowest BCUT2D eigenvalue weighted by Gasteiger charge is -2.47. The molecule has 226 valence electrons. The lowest BCUT2D eigenvalue weighted by Crippen LogP contribution is -2.63. The van der Waals surface area contributed by atoms with Crippen LogP contribution in [0.1, 0.15) is 19.4 Å². The van der Waals surface area contributed by atoms with Gasteiger partial charge in [-0.15, -0.1) is 0 Å². The Morgan fingerprint density at radius 1 is 0.825 bits per heavy atom. The molecule has 2 saturated heterocycles. The quantitative estimate of drug-likeness (QED) is 0.147. The number of halogens is 4. The third-order valence-corrected chi connectivity index (χ3v) is 11.8. The first kappa shape index (κ1) is 35.3. The van der Waals surface area contributed by atoms with Gasteiger partial charge in [0.25, 0.3) is 10.1 Å². The fourth-order valence-electron chi connectivity index (χ4n) is 4.28. The van der Waals surface area contributed by atoms with Gasteiger partial charge in [0, 0.05) is 29.8 Å². The summed E-state index contributed by atoms with van der Waals surface area (Å²) in [5.74, 6) is -1.10. The smallest absolute Gasteiger partial charge is 0.303 e. The van der Waals surface area contributed by atoms with Gasteiger partial charge in [0.2, 0.25) is 0 Å². The first-order valence-corrected chi connectivity index (χ1v) is 19.0. The van der Waals surface area contributed by atoms with Crippen LogP contribution < -0.4 is 0 Å². The van der Waals surface area contributed by atoms with Gasteiger partial charge in [-0.1, -0.05) is 108 Å². The molecule has 0 bridgehead atoms. The third-order valence-electron chi connectivity index (χ3n) is 6.13. The number of ether oxygens (including phenoxy) is 6. The van der Waals surface area contributed by atoms with Crippen LogP contribution >= 0.6 is 90.4 Å². The highest BCUT2D eigenvalue weighted by Crippen LogP contribution is 2.38. The molecule has 2 aliphatic heterocycles. The van der Waals surface area contributed by atoms with E-state index in [1.54, 1.807) is 12.1 Å². The summed E-state index contributed by atoms with van der Waals surface area (Å²) in [7, 11) is -2.71. The van der Waals surface area contributed by atoms with Crippen molar-refractivity contribution >= 4 is 112 Å². The van der Waals surface area contributed by atoms with E-state index in [2.05, 4.69) is 67.8 Å². The number of aryl methyl sites for hydroxylation is 1. The molecule has 0 N–H and O–H groups in total. The van der Waals surface area contributed by atoms with Gasteiger partial charge >= 0.3 is 11.9 Å². The number of hydrogen-bond donors (Lipinski definition) is 0. The molecule has 40 heavy (non-hydrogen) atoms. The highest BCUT2D eigenvalue weighted by Gasteiger charge is 2.54. The molecule has 11 nitrogen and oxygen atoms in total. The predicted octanol–water partition coefficient (Wildman–Crippen LogP) is 3.89. The van der Waals surface area contributed by atoms with Crippen LogP contribution in [0.15, 0.2) is 29.2 Å². The molecule has 0 amide bonds. The summed E-state index contributed by atoms with van der Waals surface area (Å²) in [6.45, 7) is 4.40. The molecule has 2 heterocycles. The second-order valence-electron chi connectivity index (χ2n) is 9.10. The van der Waals surface area contributed by atoms with E-state index in [0.717, 1.165) is 5.56 Å². The molecule has 0 radical (unpaired) electrons.